The van der Waals surface area contributed by atoms with Crippen molar-refractivity contribution in [3.8, 4) is 11.5 Å². The van der Waals surface area contributed by atoms with Crippen LogP contribution in [0, 0.1) is 0 Å². The third-order valence-corrected chi connectivity index (χ3v) is 6.05. The highest BCUT2D eigenvalue weighted by atomic mass is 16.5. The number of nitrogens with one attached hydrogen (secondary N) is 1. The lowest BCUT2D eigenvalue weighted by atomic mass is 9.99. The zero-order valence-corrected chi connectivity index (χ0v) is 18.6. The van der Waals surface area contributed by atoms with E-state index in [-0.39, 0.29) is 0 Å². The highest BCUT2D eigenvalue weighted by molar-refractivity contribution is 5.82. The van der Waals surface area contributed by atoms with Crippen LogP contribution in [0.4, 0.5) is 0 Å². The average Bonchev–Trinajstić information content (AvgIpc) is 2.83. The summed E-state index contributed by atoms with van der Waals surface area (Å²) in [6.07, 6.45) is 5.17. The maximum absolute atomic E-state index is 12.5. The zero-order chi connectivity index (χ0) is 22.5. The lowest BCUT2D eigenvalue weighted by Gasteiger charge is -2.26. The number of ether oxygens (including phenoxy) is 2. The van der Waals surface area contributed by atoms with Crippen molar-refractivity contribution in [3.05, 3.63) is 74.9 Å². The van der Waals surface area contributed by atoms with Gasteiger partial charge in [-0.25, -0.2) is 4.79 Å². The second-order valence-electron chi connectivity index (χ2n) is 7.99. The molecule has 2 aromatic carbocycles. The monoisotopic (exact) mass is 435 g/mol. The van der Waals surface area contributed by atoms with Gasteiger partial charge < -0.3 is 9.47 Å². The standard InChI is InChI=1S/C25H29N3O4/c1-31-22-16-20-21(17-23(22)32-2)28(25(30)26-24(20)29)13-7-6-12-27-14-10-19(11-15-27)18-8-4-3-5-9-18/h3-5,8-10,16-17H,6-7,11-15H2,1-2H3,(H,26,29,30). The Kier molecular flexibility index (Phi) is 6.75. The molecular weight excluding hydrogens is 406 g/mol. The van der Waals surface area contributed by atoms with Crippen molar-refractivity contribution in [1.29, 1.82) is 0 Å². The summed E-state index contributed by atoms with van der Waals surface area (Å²) >= 11 is 0. The summed E-state index contributed by atoms with van der Waals surface area (Å²) in [7, 11) is 3.06. The Hall–Kier alpha value is -3.32. The Morgan fingerprint density at radius 3 is 2.38 bits per heavy atom. The van der Waals surface area contributed by atoms with E-state index in [0.717, 1.165) is 38.9 Å². The summed E-state index contributed by atoms with van der Waals surface area (Å²) in [5, 5.41) is 0.414. The number of H-pyrrole nitrogens is 1. The van der Waals surface area contributed by atoms with Crippen LogP contribution < -0.4 is 20.7 Å². The lowest BCUT2D eigenvalue weighted by molar-refractivity contribution is 0.292. The molecule has 0 fully saturated rings. The maximum atomic E-state index is 12.5. The van der Waals surface area contributed by atoms with Gasteiger partial charge in [0.05, 0.1) is 25.1 Å². The molecule has 3 aromatic rings. The van der Waals surface area contributed by atoms with Gasteiger partial charge in [-0.3, -0.25) is 19.2 Å². The molecule has 0 bridgehead atoms. The molecule has 1 aliphatic heterocycles. The first-order valence-electron chi connectivity index (χ1n) is 11.0. The van der Waals surface area contributed by atoms with Crippen molar-refractivity contribution in [1.82, 2.24) is 14.5 Å². The minimum absolute atomic E-state index is 0.400. The third-order valence-electron chi connectivity index (χ3n) is 6.05. The van der Waals surface area contributed by atoms with Gasteiger partial charge in [0.2, 0.25) is 0 Å². The third kappa shape index (κ3) is 4.62. The molecule has 0 radical (unpaired) electrons. The number of fused-ring (bicyclic) bond motifs is 1. The normalized spacial score (nSPS) is 14.4. The summed E-state index contributed by atoms with van der Waals surface area (Å²) in [5.74, 6) is 0.955. The maximum Gasteiger partial charge on any atom is 0.328 e. The summed E-state index contributed by atoms with van der Waals surface area (Å²) in [5.41, 5.74) is 2.46. The number of aromatic nitrogens is 2. The van der Waals surface area contributed by atoms with Crippen LogP contribution in [-0.2, 0) is 6.54 Å². The molecule has 4 rings (SSSR count). The van der Waals surface area contributed by atoms with E-state index in [4.69, 9.17) is 9.47 Å². The van der Waals surface area contributed by atoms with Gasteiger partial charge in [0.15, 0.2) is 11.5 Å². The number of hydrogen-bond acceptors (Lipinski definition) is 5. The number of nitrogens with zero attached hydrogens (tertiary/aromatic N) is 2. The molecule has 168 valence electrons. The molecule has 0 aliphatic carbocycles. The minimum atomic E-state index is -0.420. The SMILES string of the molecule is COc1cc2c(=O)[nH]c(=O)n(CCCCN3CC=C(c4ccccc4)CC3)c2cc1OC. The van der Waals surface area contributed by atoms with Crippen molar-refractivity contribution in [2.24, 2.45) is 0 Å². The highest BCUT2D eigenvalue weighted by Gasteiger charge is 2.15. The van der Waals surface area contributed by atoms with Crippen LogP contribution in [0.5, 0.6) is 11.5 Å². The molecule has 0 spiro atoms. The average molecular weight is 436 g/mol. The minimum Gasteiger partial charge on any atom is -0.493 e. The topological polar surface area (TPSA) is 76.6 Å². The molecule has 0 saturated carbocycles. The molecule has 0 saturated heterocycles. The molecule has 1 aromatic heterocycles. The number of aromatic amines is 1. The molecule has 7 nitrogen and oxygen atoms in total. The van der Waals surface area contributed by atoms with E-state index in [1.165, 1.54) is 25.4 Å². The van der Waals surface area contributed by atoms with Crippen LogP contribution in [0.1, 0.15) is 24.8 Å². The van der Waals surface area contributed by atoms with Crippen molar-refractivity contribution in [2.45, 2.75) is 25.8 Å². The fraction of sp³-hybridized carbons (Fsp3) is 0.360. The molecule has 0 unspecified atom stereocenters. The number of aryl methyl sites for hydroxylation is 1. The van der Waals surface area contributed by atoms with Crippen LogP contribution in [0.2, 0.25) is 0 Å². The molecule has 32 heavy (non-hydrogen) atoms. The number of unbranched alkanes of at least 4 members (excludes halogenated alkanes) is 1. The van der Waals surface area contributed by atoms with Crippen LogP contribution in [-0.4, -0.2) is 48.3 Å². The van der Waals surface area contributed by atoms with E-state index in [1.54, 1.807) is 16.7 Å². The summed E-state index contributed by atoms with van der Waals surface area (Å²) in [6.45, 7) is 3.49. The molecule has 1 N–H and O–H groups in total. The summed E-state index contributed by atoms with van der Waals surface area (Å²) in [4.78, 5) is 29.7. The molecule has 0 atom stereocenters. The highest BCUT2D eigenvalue weighted by Crippen LogP contribution is 2.30. The second kappa shape index (κ2) is 9.87. The van der Waals surface area contributed by atoms with E-state index in [1.807, 2.05) is 6.07 Å². The zero-order valence-electron chi connectivity index (χ0n) is 18.6. The van der Waals surface area contributed by atoms with Crippen LogP contribution in [0.3, 0.4) is 0 Å². The first kappa shape index (κ1) is 21.9. The molecule has 2 heterocycles. The number of benzene rings is 2. The van der Waals surface area contributed by atoms with E-state index >= 15 is 0 Å². The Morgan fingerprint density at radius 1 is 0.969 bits per heavy atom. The second-order valence-corrected chi connectivity index (χ2v) is 7.99. The molecule has 0 amide bonds. The van der Waals surface area contributed by atoms with Crippen molar-refractivity contribution >= 4 is 16.5 Å². The van der Waals surface area contributed by atoms with Gasteiger partial charge in [0.25, 0.3) is 5.56 Å². The van der Waals surface area contributed by atoms with Crippen LogP contribution in [0.25, 0.3) is 16.5 Å². The van der Waals surface area contributed by atoms with E-state index in [0.29, 0.717) is 28.9 Å². The van der Waals surface area contributed by atoms with Gasteiger partial charge in [-0.15, -0.1) is 0 Å². The Balaban J connectivity index is 1.40. The van der Waals surface area contributed by atoms with Crippen molar-refractivity contribution < 1.29 is 9.47 Å². The largest absolute Gasteiger partial charge is 0.493 e. The van der Waals surface area contributed by atoms with Crippen LogP contribution >= 0.6 is 0 Å². The number of rotatable bonds is 8. The summed E-state index contributed by atoms with van der Waals surface area (Å²) in [6, 6.07) is 13.9. The Bertz CT molecular complexity index is 1230. The quantitative estimate of drug-likeness (QED) is 0.550. The molecular formula is C25H29N3O4. The van der Waals surface area contributed by atoms with E-state index in [9.17, 15) is 9.59 Å². The predicted molar refractivity (Wildman–Crippen MR) is 127 cm³/mol. The Labute approximate surface area is 186 Å². The van der Waals surface area contributed by atoms with Gasteiger partial charge in [0, 0.05) is 25.7 Å². The van der Waals surface area contributed by atoms with E-state index in [2.05, 4.69) is 40.2 Å². The first-order chi connectivity index (χ1) is 15.6. The molecule has 1 aliphatic rings. The predicted octanol–water partition coefficient (Wildman–Crippen LogP) is 3.28. The van der Waals surface area contributed by atoms with Gasteiger partial charge >= 0.3 is 5.69 Å². The fourth-order valence-corrected chi connectivity index (χ4v) is 4.27. The summed E-state index contributed by atoms with van der Waals surface area (Å²) < 4.78 is 12.3. The van der Waals surface area contributed by atoms with Gasteiger partial charge in [-0.2, -0.15) is 0 Å². The van der Waals surface area contributed by atoms with Gasteiger partial charge in [-0.05, 0) is 43.0 Å². The van der Waals surface area contributed by atoms with Crippen molar-refractivity contribution in [3.63, 3.8) is 0 Å². The molecule has 7 heteroatoms. The van der Waals surface area contributed by atoms with Crippen LogP contribution in [0.15, 0.2) is 58.1 Å². The van der Waals surface area contributed by atoms with Crippen molar-refractivity contribution in [2.75, 3.05) is 33.9 Å². The number of methoxy groups -OCH3 is 2. The smallest absolute Gasteiger partial charge is 0.328 e. The lowest BCUT2D eigenvalue weighted by Crippen LogP contribution is -2.31. The van der Waals surface area contributed by atoms with E-state index < -0.39 is 11.2 Å². The fourth-order valence-electron chi connectivity index (χ4n) is 4.27. The Morgan fingerprint density at radius 2 is 1.69 bits per heavy atom. The number of hydrogen-bond donors (Lipinski definition) is 1. The van der Waals surface area contributed by atoms with Gasteiger partial charge in [0.1, 0.15) is 0 Å². The first-order valence-corrected chi connectivity index (χ1v) is 11.0. The van der Waals surface area contributed by atoms with Gasteiger partial charge in [-0.1, -0.05) is 36.4 Å².